The van der Waals surface area contributed by atoms with E-state index in [0.717, 1.165) is 0 Å². The van der Waals surface area contributed by atoms with Crippen LogP contribution in [0, 0.1) is 0 Å². The molecule has 0 bridgehead atoms. The minimum Gasteiger partial charge on any atom is -0.457 e. The summed E-state index contributed by atoms with van der Waals surface area (Å²) in [5.41, 5.74) is 0.379. The Morgan fingerprint density at radius 1 is 0.909 bits per heavy atom. The van der Waals surface area contributed by atoms with Gasteiger partial charge in [0.2, 0.25) is 0 Å². The van der Waals surface area contributed by atoms with Gasteiger partial charge in [-0.05, 0) is 30.3 Å². The number of rotatable bonds is 3. The van der Waals surface area contributed by atoms with Gasteiger partial charge < -0.3 is 14.2 Å². The van der Waals surface area contributed by atoms with E-state index in [-0.39, 0.29) is 11.1 Å². The van der Waals surface area contributed by atoms with Gasteiger partial charge in [0.1, 0.15) is 17.2 Å². The maximum absolute atomic E-state index is 11.5. The number of cyclic esters (lactones) is 2. The van der Waals surface area contributed by atoms with Crippen LogP contribution in [-0.4, -0.2) is 17.9 Å². The van der Waals surface area contributed by atoms with Crippen LogP contribution in [0.3, 0.4) is 0 Å². The Labute approximate surface area is 125 Å². The molecule has 6 nitrogen and oxygen atoms in total. The Kier molecular flexibility index (Phi) is 3.34. The molecule has 2 aromatic carbocycles. The standard InChI is InChI=1S/C16H10O6/c1-9(17)20-10-3-2-4-11(7-10)21-12-5-6-13-14(8-12)16(19)22-15(13)18/h2-8H,1H3. The molecule has 0 aromatic heterocycles. The van der Waals surface area contributed by atoms with Gasteiger partial charge in [0, 0.05) is 13.0 Å². The van der Waals surface area contributed by atoms with E-state index < -0.39 is 17.9 Å². The molecule has 0 amide bonds. The minimum atomic E-state index is -0.695. The van der Waals surface area contributed by atoms with Gasteiger partial charge in [-0.15, -0.1) is 0 Å². The first-order chi connectivity index (χ1) is 10.5. The SMILES string of the molecule is CC(=O)Oc1cccc(Oc2ccc3c(c2)C(=O)OC3=O)c1. The lowest BCUT2D eigenvalue weighted by atomic mass is 10.1. The third kappa shape index (κ3) is 2.67. The van der Waals surface area contributed by atoms with Crippen molar-refractivity contribution in [3.8, 4) is 17.2 Å². The Balaban J connectivity index is 1.85. The highest BCUT2D eigenvalue weighted by Crippen LogP contribution is 2.29. The molecule has 0 saturated heterocycles. The highest BCUT2D eigenvalue weighted by Gasteiger charge is 2.29. The molecule has 22 heavy (non-hydrogen) atoms. The van der Waals surface area contributed by atoms with E-state index in [0.29, 0.717) is 17.2 Å². The van der Waals surface area contributed by atoms with Crippen LogP contribution < -0.4 is 9.47 Å². The molecular weight excluding hydrogens is 288 g/mol. The zero-order chi connectivity index (χ0) is 15.7. The van der Waals surface area contributed by atoms with Gasteiger partial charge >= 0.3 is 17.9 Å². The first kappa shape index (κ1) is 13.8. The number of ether oxygens (including phenoxy) is 3. The highest BCUT2D eigenvalue weighted by molar-refractivity contribution is 6.14. The van der Waals surface area contributed by atoms with Crippen LogP contribution in [0.4, 0.5) is 0 Å². The predicted octanol–water partition coefficient (Wildman–Crippen LogP) is 2.71. The number of hydrogen-bond donors (Lipinski definition) is 0. The molecule has 1 heterocycles. The normalized spacial score (nSPS) is 12.6. The Morgan fingerprint density at radius 3 is 2.36 bits per heavy atom. The smallest absolute Gasteiger partial charge is 0.347 e. The summed E-state index contributed by atoms with van der Waals surface area (Å²) in [6.45, 7) is 1.30. The number of carbonyl (C=O) groups excluding carboxylic acids is 3. The average Bonchev–Trinajstić information content (AvgIpc) is 2.73. The van der Waals surface area contributed by atoms with Crippen LogP contribution in [0.1, 0.15) is 27.6 Å². The minimum absolute atomic E-state index is 0.165. The van der Waals surface area contributed by atoms with Crippen molar-refractivity contribution in [1.29, 1.82) is 0 Å². The lowest BCUT2D eigenvalue weighted by Gasteiger charge is -2.08. The van der Waals surface area contributed by atoms with Crippen molar-refractivity contribution >= 4 is 17.9 Å². The van der Waals surface area contributed by atoms with E-state index in [2.05, 4.69) is 4.74 Å². The monoisotopic (exact) mass is 298 g/mol. The largest absolute Gasteiger partial charge is 0.457 e. The van der Waals surface area contributed by atoms with E-state index in [1.54, 1.807) is 24.3 Å². The first-order valence-electron chi connectivity index (χ1n) is 6.40. The molecule has 2 aromatic rings. The van der Waals surface area contributed by atoms with Crippen LogP contribution in [0.5, 0.6) is 17.2 Å². The van der Waals surface area contributed by atoms with Gasteiger partial charge in [0.05, 0.1) is 11.1 Å². The van der Waals surface area contributed by atoms with E-state index in [1.165, 1.54) is 25.1 Å². The molecule has 0 unspecified atom stereocenters. The van der Waals surface area contributed by atoms with Crippen molar-refractivity contribution in [2.45, 2.75) is 6.92 Å². The molecular formula is C16H10O6. The third-order valence-electron chi connectivity index (χ3n) is 2.92. The Morgan fingerprint density at radius 2 is 1.59 bits per heavy atom. The lowest BCUT2D eigenvalue weighted by Crippen LogP contribution is -2.01. The molecule has 1 aliphatic rings. The number of esters is 3. The molecule has 0 saturated carbocycles. The summed E-state index contributed by atoms with van der Waals surface area (Å²) >= 11 is 0. The summed E-state index contributed by atoms with van der Waals surface area (Å²) in [6.07, 6.45) is 0. The van der Waals surface area contributed by atoms with E-state index in [1.807, 2.05) is 0 Å². The third-order valence-corrected chi connectivity index (χ3v) is 2.92. The number of carbonyl (C=O) groups is 3. The summed E-state index contributed by atoms with van der Waals surface area (Å²) in [7, 11) is 0. The summed E-state index contributed by atoms with van der Waals surface area (Å²) in [4.78, 5) is 33.8. The van der Waals surface area contributed by atoms with Gasteiger partial charge in [-0.2, -0.15) is 0 Å². The molecule has 0 N–H and O–H groups in total. The van der Waals surface area contributed by atoms with Gasteiger partial charge in [0.15, 0.2) is 0 Å². The molecule has 0 atom stereocenters. The van der Waals surface area contributed by atoms with E-state index >= 15 is 0 Å². The average molecular weight is 298 g/mol. The summed E-state index contributed by atoms with van der Waals surface area (Å²) in [6, 6.07) is 10.9. The molecule has 0 radical (unpaired) electrons. The summed E-state index contributed by atoms with van der Waals surface area (Å²) in [5.74, 6) is -0.652. The van der Waals surface area contributed by atoms with Gasteiger partial charge in [0.25, 0.3) is 0 Å². The van der Waals surface area contributed by atoms with E-state index in [9.17, 15) is 14.4 Å². The zero-order valence-electron chi connectivity index (χ0n) is 11.5. The topological polar surface area (TPSA) is 78.9 Å². The fourth-order valence-corrected chi connectivity index (χ4v) is 2.03. The summed E-state index contributed by atoms with van der Waals surface area (Å²) in [5, 5.41) is 0. The molecule has 6 heteroatoms. The molecule has 0 fully saturated rings. The van der Waals surface area contributed by atoms with Crippen molar-refractivity contribution in [3.63, 3.8) is 0 Å². The predicted molar refractivity (Wildman–Crippen MR) is 74.0 cm³/mol. The van der Waals surface area contributed by atoms with Crippen molar-refractivity contribution in [3.05, 3.63) is 53.6 Å². The maximum atomic E-state index is 11.5. The number of hydrogen-bond acceptors (Lipinski definition) is 6. The van der Waals surface area contributed by atoms with Crippen LogP contribution in [-0.2, 0) is 9.53 Å². The number of fused-ring (bicyclic) bond motifs is 1. The van der Waals surface area contributed by atoms with Crippen molar-refractivity contribution in [2.24, 2.45) is 0 Å². The molecule has 3 rings (SSSR count). The zero-order valence-corrected chi connectivity index (χ0v) is 11.5. The Hall–Kier alpha value is -3.15. The van der Waals surface area contributed by atoms with Crippen LogP contribution in [0.2, 0.25) is 0 Å². The van der Waals surface area contributed by atoms with Gasteiger partial charge in [-0.1, -0.05) is 6.07 Å². The van der Waals surface area contributed by atoms with Crippen LogP contribution in [0.15, 0.2) is 42.5 Å². The van der Waals surface area contributed by atoms with Crippen LogP contribution >= 0.6 is 0 Å². The second-order valence-corrected chi connectivity index (χ2v) is 4.55. The fourth-order valence-electron chi connectivity index (χ4n) is 2.03. The van der Waals surface area contributed by atoms with Crippen molar-refractivity contribution in [1.82, 2.24) is 0 Å². The fraction of sp³-hybridized carbons (Fsp3) is 0.0625. The first-order valence-corrected chi connectivity index (χ1v) is 6.40. The second-order valence-electron chi connectivity index (χ2n) is 4.55. The van der Waals surface area contributed by atoms with E-state index in [4.69, 9.17) is 9.47 Å². The van der Waals surface area contributed by atoms with Gasteiger partial charge in [-0.3, -0.25) is 4.79 Å². The molecule has 0 spiro atoms. The van der Waals surface area contributed by atoms with Crippen molar-refractivity contribution < 1.29 is 28.6 Å². The Bertz CT molecular complexity index is 793. The maximum Gasteiger partial charge on any atom is 0.347 e. The molecule has 110 valence electrons. The highest BCUT2D eigenvalue weighted by atomic mass is 16.6. The van der Waals surface area contributed by atoms with Crippen LogP contribution in [0.25, 0.3) is 0 Å². The van der Waals surface area contributed by atoms with Gasteiger partial charge in [-0.25, -0.2) is 9.59 Å². The summed E-state index contributed by atoms with van der Waals surface area (Å²) < 4.78 is 15.1. The van der Waals surface area contributed by atoms with Crippen molar-refractivity contribution in [2.75, 3.05) is 0 Å². The molecule has 1 aliphatic heterocycles. The quantitative estimate of drug-likeness (QED) is 0.492. The molecule has 0 aliphatic carbocycles. The lowest BCUT2D eigenvalue weighted by molar-refractivity contribution is -0.131. The number of benzene rings is 2. The second kappa shape index (κ2) is 5.33.